The second-order valence-corrected chi connectivity index (χ2v) is 8.49. The van der Waals surface area contributed by atoms with Gasteiger partial charge in [0.25, 0.3) is 0 Å². The highest BCUT2D eigenvalue weighted by Gasteiger charge is 2.38. The van der Waals surface area contributed by atoms with E-state index in [0.29, 0.717) is 31.3 Å². The van der Waals surface area contributed by atoms with Crippen molar-refractivity contribution in [3.63, 3.8) is 0 Å². The van der Waals surface area contributed by atoms with Gasteiger partial charge in [-0.3, -0.25) is 0 Å². The third-order valence-corrected chi connectivity index (χ3v) is 6.47. The zero-order chi connectivity index (χ0) is 20.1. The largest absolute Gasteiger partial charge is 0.497 e. The molecule has 0 amide bonds. The summed E-state index contributed by atoms with van der Waals surface area (Å²) in [5.74, 6) is 1.75. The number of ether oxygens (including phenoxy) is 3. The Morgan fingerprint density at radius 2 is 1.61 bits per heavy atom. The van der Waals surface area contributed by atoms with Crippen molar-refractivity contribution in [1.82, 2.24) is 4.31 Å². The van der Waals surface area contributed by atoms with Crippen LogP contribution in [0.25, 0.3) is 0 Å². The molecule has 0 aliphatic heterocycles. The summed E-state index contributed by atoms with van der Waals surface area (Å²) in [6, 6.07) is 12.3. The van der Waals surface area contributed by atoms with E-state index in [2.05, 4.69) is 0 Å². The van der Waals surface area contributed by atoms with E-state index in [9.17, 15) is 8.42 Å². The molecule has 0 saturated heterocycles. The molecule has 0 unspecified atom stereocenters. The lowest BCUT2D eigenvalue weighted by atomic mass is 10.2. The molecule has 0 N–H and O–H groups in total. The first kappa shape index (κ1) is 20.5. The van der Waals surface area contributed by atoms with Crippen molar-refractivity contribution in [2.45, 2.75) is 44.2 Å². The topological polar surface area (TPSA) is 65.1 Å². The van der Waals surface area contributed by atoms with E-state index in [4.69, 9.17) is 14.2 Å². The standard InChI is InChI=1S/C21H27NO5S/c1-4-26-20-13-12-19(14-21(20)27-5-2)28(23,24)22(17-8-9-17)15-16-6-10-18(25-3)11-7-16/h6-7,10-14,17H,4-5,8-9,15H2,1-3H3. The molecule has 28 heavy (non-hydrogen) atoms. The van der Waals surface area contributed by atoms with Crippen LogP contribution in [0.1, 0.15) is 32.3 Å². The van der Waals surface area contributed by atoms with E-state index in [0.717, 1.165) is 24.2 Å². The number of benzene rings is 2. The summed E-state index contributed by atoms with van der Waals surface area (Å²) in [5, 5.41) is 0. The van der Waals surface area contributed by atoms with Gasteiger partial charge in [0.15, 0.2) is 11.5 Å². The fourth-order valence-electron chi connectivity index (χ4n) is 3.01. The molecule has 1 fully saturated rings. The number of sulfonamides is 1. The molecule has 2 aromatic carbocycles. The molecular formula is C21H27NO5S. The summed E-state index contributed by atoms with van der Waals surface area (Å²) in [7, 11) is -2.05. The van der Waals surface area contributed by atoms with Crippen LogP contribution >= 0.6 is 0 Å². The summed E-state index contributed by atoms with van der Waals surface area (Å²) in [5.41, 5.74) is 0.923. The lowest BCUT2D eigenvalue weighted by molar-refractivity contribution is 0.287. The highest BCUT2D eigenvalue weighted by molar-refractivity contribution is 7.89. The second-order valence-electron chi connectivity index (χ2n) is 6.60. The third kappa shape index (κ3) is 4.59. The first-order valence-electron chi connectivity index (χ1n) is 9.54. The normalized spacial score (nSPS) is 14.1. The molecule has 1 saturated carbocycles. The molecular weight excluding hydrogens is 378 g/mol. The zero-order valence-electron chi connectivity index (χ0n) is 16.6. The number of hydrogen-bond acceptors (Lipinski definition) is 5. The van der Waals surface area contributed by atoms with Crippen molar-refractivity contribution >= 4 is 10.0 Å². The molecule has 0 radical (unpaired) electrons. The summed E-state index contributed by atoms with van der Waals surface area (Å²) >= 11 is 0. The highest BCUT2D eigenvalue weighted by atomic mass is 32.2. The lowest BCUT2D eigenvalue weighted by Gasteiger charge is -2.23. The van der Waals surface area contributed by atoms with Gasteiger partial charge < -0.3 is 14.2 Å². The Morgan fingerprint density at radius 1 is 0.964 bits per heavy atom. The van der Waals surface area contributed by atoms with Gasteiger partial charge in [0.1, 0.15) is 5.75 Å². The van der Waals surface area contributed by atoms with Gasteiger partial charge in [-0.25, -0.2) is 8.42 Å². The predicted molar refractivity (Wildman–Crippen MR) is 108 cm³/mol. The summed E-state index contributed by atoms with van der Waals surface area (Å²) in [6.07, 6.45) is 1.76. The summed E-state index contributed by atoms with van der Waals surface area (Å²) in [4.78, 5) is 0.222. The molecule has 6 nitrogen and oxygen atoms in total. The molecule has 0 bridgehead atoms. The van der Waals surface area contributed by atoms with Crippen molar-refractivity contribution in [3.05, 3.63) is 48.0 Å². The van der Waals surface area contributed by atoms with Crippen LogP contribution in [0.5, 0.6) is 17.2 Å². The van der Waals surface area contributed by atoms with Crippen molar-refractivity contribution in [3.8, 4) is 17.2 Å². The summed E-state index contributed by atoms with van der Waals surface area (Å²) < 4.78 is 44.7. The maximum atomic E-state index is 13.4. The van der Waals surface area contributed by atoms with Crippen LogP contribution in [0, 0.1) is 0 Å². The predicted octanol–water partition coefficient (Wildman–Crippen LogP) is 3.85. The van der Waals surface area contributed by atoms with E-state index < -0.39 is 10.0 Å². The van der Waals surface area contributed by atoms with Gasteiger partial charge in [-0.05, 0) is 56.5 Å². The first-order valence-corrected chi connectivity index (χ1v) is 11.0. The average Bonchev–Trinajstić information content (AvgIpc) is 3.53. The molecule has 152 valence electrons. The van der Waals surface area contributed by atoms with Gasteiger partial charge in [0, 0.05) is 18.7 Å². The van der Waals surface area contributed by atoms with Crippen molar-refractivity contribution in [2.24, 2.45) is 0 Å². The quantitative estimate of drug-likeness (QED) is 0.601. The average molecular weight is 406 g/mol. The molecule has 0 atom stereocenters. The van der Waals surface area contributed by atoms with Crippen molar-refractivity contribution in [2.75, 3.05) is 20.3 Å². The Bertz CT molecular complexity index is 892. The molecule has 0 spiro atoms. The number of rotatable bonds is 10. The smallest absolute Gasteiger partial charge is 0.243 e. The zero-order valence-corrected chi connectivity index (χ0v) is 17.4. The van der Waals surface area contributed by atoms with E-state index in [1.807, 2.05) is 38.1 Å². The van der Waals surface area contributed by atoms with Crippen LogP contribution in [0.2, 0.25) is 0 Å². The fourth-order valence-corrected chi connectivity index (χ4v) is 4.70. The van der Waals surface area contributed by atoms with Crippen molar-refractivity contribution < 1.29 is 22.6 Å². The number of nitrogens with zero attached hydrogens (tertiary/aromatic N) is 1. The summed E-state index contributed by atoms with van der Waals surface area (Å²) in [6.45, 7) is 4.98. The monoisotopic (exact) mass is 405 g/mol. The van der Waals surface area contributed by atoms with Crippen LogP contribution in [0.3, 0.4) is 0 Å². The van der Waals surface area contributed by atoms with Crippen molar-refractivity contribution in [1.29, 1.82) is 0 Å². The van der Waals surface area contributed by atoms with Crippen LogP contribution in [0.15, 0.2) is 47.4 Å². The van der Waals surface area contributed by atoms with E-state index >= 15 is 0 Å². The van der Waals surface area contributed by atoms with Gasteiger partial charge in [0.05, 0.1) is 25.2 Å². The van der Waals surface area contributed by atoms with E-state index in [1.54, 1.807) is 29.6 Å². The fraction of sp³-hybridized carbons (Fsp3) is 0.429. The molecule has 1 aliphatic rings. The van der Waals surface area contributed by atoms with Gasteiger partial charge in [-0.1, -0.05) is 12.1 Å². The maximum Gasteiger partial charge on any atom is 0.243 e. The second kappa shape index (κ2) is 8.84. The van der Waals surface area contributed by atoms with Crippen LogP contribution in [0.4, 0.5) is 0 Å². The van der Waals surface area contributed by atoms with Crippen LogP contribution in [-0.2, 0) is 16.6 Å². The Kier molecular flexibility index (Phi) is 6.46. The number of methoxy groups -OCH3 is 1. The van der Waals surface area contributed by atoms with E-state index in [1.165, 1.54) is 0 Å². The van der Waals surface area contributed by atoms with Gasteiger partial charge in [0.2, 0.25) is 10.0 Å². The highest BCUT2D eigenvalue weighted by Crippen LogP contribution is 2.36. The third-order valence-electron chi connectivity index (χ3n) is 4.57. The minimum Gasteiger partial charge on any atom is -0.497 e. The Hall–Kier alpha value is -2.25. The maximum absolute atomic E-state index is 13.4. The Balaban J connectivity index is 1.90. The van der Waals surface area contributed by atoms with Crippen LogP contribution in [-0.4, -0.2) is 39.1 Å². The number of hydrogen-bond donors (Lipinski definition) is 0. The molecule has 1 aliphatic carbocycles. The minimum absolute atomic E-state index is 0.0363. The molecule has 7 heteroatoms. The molecule has 0 aromatic heterocycles. The van der Waals surface area contributed by atoms with Gasteiger partial charge in [-0.2, -0.15) is 4.31 Å². The SMILES string of the molecule is CCOc1ccc(S(=O)(=O)N(Cc2ccc(OC)cc2)C2CC2)cc1OCC. The van der Waals surface area contributed by atoms with E-state index in [-0.39, 0.29) is 10.9 Å². The van der Waals surface area contributed by atoms with Gasteiger partial charge in [-0.15, -0.1) is 0 Å². The molecule has 3 rings (SSSR count). The Labute approximate surface area is 167 Å². The molecule has 2 aromatic rings. The lowest BCUT2D eigenvalue weighted by Crippen LogP contribution is -2.32. The Morgan fingerprint density at radius 3 is 2.18 bits per heavy atom. The van der Waals surface area contributed by atoms with Crippen LogP contribution < -0.4 is 14.2 Å². The first-order chi connectivity index (χ1) is 13.5. The minimum atomic E-state index is -3.66. The molecule has 0 heterocycles. The van der Waals surface area contributed by atoms with Gasteiger partial charge >= 0.3 is 0 Å².